The van der Waals surface area contributed by atoms with Crippen molar-refractivity contribution in [2.24, 2.45) is 0 Å². The largest absolute Gasteiger partial charge is 0.495 e. The molecule has 0 fully saturated rings. The summed E-state index contributed by atoms with van der Waals surface area (Å²) >= 11 is 0. The minimum atomic E-state index is 0.260. The SMILES string of the molecule is CNc1nc(C(C)C)nc(Nc2ccccc2OC)c1C. The zero-order valence-corrected chi connectivity index (χ0v) is 13.2. The van der Waals surface area contributed by atoms with Gasteiger partial charge in [0.15, 0.2) is 0 Å². The minimum absolute atomic E-state index is 0.260. The van der Waals surface area contributed by atoms with Gasteiger partial charge >= 0.3 is 0 Å². The van der Waals surface area contributed by atoms with Gasteiger partial charge in [0.2, 0.25) is 0 Å². The molecule has 1 aromatic carbocycles. The highest BCUT2D eigenvalue weighted by Gasteiger charge is 2.13. The molecule has 5 nitrogen and oxygen atoms in total. The second kappa shape index (κ2) is 6.43. The lowest BCUT2D eigenvalue weighted by atomic mass is 10.2. The zero-order valence-electron chi connectivity index (χ0n) is 13.2. The van der Waals surface area contributed by atoms with Crippen LogP contribution in [0.1, 0.15) is 31.2 Å². The Hall–Kier alpha value is -2.30. The molecular formula is C16H22N4O. The molecule has 0 spiro atoms. The first-order valence-electron chi connectivity index (χ1n) is 7.03. The van der Waals surface area contributed by atoms with Crippen molar-refractivity contribution in [2.75, 3.05) is 24.8 Å². The standard InChI is InChI=1S/C16H22N4O/c1-10(2)14-19-15(17-4)11(3)16(20-14)18-12-8-6-7-9-13(12)21-5/h6-10H,1-5H3,(H2,17,18,19,20). The van der Waals surface area contributed by atoms with Gasteiger partial charge in [-0.05, 0) is 19.1 Å². The minimum Gasteiger partial charge on any atom is -0.495 e. The van der Waals surface area contributed by atoms with E-state index in [1.54, 1.807) is 7.11 Å². The van der Waals surface area contributed by atoms with E-state index in [1.165, 1.54) is 0 Å². The van der Waals surface area contributed by atoms with Crippen LogP contribution in [0.15, 0.2) is 24.3 Å². The zero-order chi connectivity index (χ0) is 15.4. The Morgan fingerprint density at radius 3 is 2.38 bits per heavy atom. The summed E-state index contributed by atoms with van der Waals surface area (Å²) < 4.78 is 5.37. The van der Waals surface area contributed by atoms with E-state index in [0.717, 1.165) is 34.5 Å². The molecule has 0 unspecified atom stereocenters. The Balaban J connectivity index is 2.45. The van der Waals surface area contributed by atoms with Crippen LogP contribution in [-0.4, -0.2) is 24.1 Å². The fourth-order valence-electron chi connectivity index (χ4n) is 2.03. The highest BCUT2D eigenvalue weighted by atomic mass is 16.5. The number of hydrogen-bond acceptors (Lipinski definition) is 5. The predicted octanol–water partition coefficient (Wildman–Crippen LogP) is 3.70. The van der Waals surface area contributed by atoms with Gasteiger partial charge in [-0.1, -0.05) is 26.0 Å². The van der Waals surface area contributed by atoms with Crippen LogP contribution in [0.25, 0.3) is 0 Å². The molecule has 2 N–H and O–H groups in total. The Kier molecular flexibility index (Phi) is 4.62. The lowest BCUT2D eigenvalue weighted by Gasteiger charge is -2.16. The van der Waals surface area contributed by atoms with E-state index in [2.05, 4.69) is 34.4 Å². The second-order valence-corrected chi connectivity index (χ2v) is 5.13. The summed E-state index contributed by atoms with van der Waals surface area (Å²) in [6, 6.07) is 7.79. The van der Waals surface area contributed by atoms with E-state index >= 15 is 0 Å². The molecule has 0 saturated heterocycles. The van der Waals surface area contributed by atoms with Crippen LogP contribution >= 0.6 is 0 Å². The van der Waals surface area contributed by atoms with E-state index in [9.17, 15) is 0 Å². The lowest BCUT2D eigenvalue weighted by molar-refractivity contribution is 0.417. The van der Waals surface area contributed by atoms with E-state index < -0.39 is 0 Å². The summed E-state index contributed by atoms with van der Waals surface area (Å²) in [7, 11) is 3.53. The summed E-state index contributed by atoms with van der Waals surface area (Å²) in [5.74, 6) is 3.49. The van der Waals surface area contributed by atoms with Gasteiger partial charge in [0.1, 0.15) is 23.2 Å². The molecule has 2 rings (SSSR count). The number of hydrogen-bond donors (Lipinski definition) is 2. The number of aromatic nitrogens is 2. The number of nitrogens with zero attached hydrogens (tertiary/aromatic N) is 2. The van der Waals surface area contributed by atoms with Crippen molar-refractivity contribution in [1.29, 1.82) is 0 Å². The topological polar surface area (TPSA) is 59.1 Å². The molecule has 0 saturated carbocycles. The second-order valence-electron chi connectivity index (χ2n) is 5.13. The van der Waals surface area contributed by atoms with Gasteiger partial charge in [-0.2, -0.15) is 0 Å². The first-order valence-corrected chi connectivity index (χ1v) is 7.03. The van der Waals surface area contributed by atoms with Gasteiger partial charge < -0.3 is 15.4 Å². The van der Waals surface area contributed by atoms with Gasteiger partial charge in [-0.3, -0.25) is 0 Å². The van der Waals surface area contributed by atoms with Crippen LogP contribution in [0.2, 0.25) is 0 Å². The van der Waals surface area contributed by atoms with Crippen molar-refractivity contribution in [3.8, 4) is 5.75 Å². The van der Waals surface area contributed by atoms with Crippen LogP contribution in [0.4, 0.5) is 17.3 Å². The molecule has 0 aliphatic carbocycles. The Labute approximate surface area is 125 Å². The van der Waals surface area contributed by atoms with Gasteiger partial charge in [0.25, 0.3) is 0 Å². The summed E-state index contributed by atoms with van der Waals surface area (Å²) in [5, 5.41) is 6.47. The van der Waals surface area contributed by atoms with Crippen LogP contribution in [0.5, 0.6) is 5.75 Å². The molecule has 1 heterocycles. The Bertz CT molecular complexity index is 626. The normalized spacial score (nSPS) is 10.6. The van der Waals surface area contributed by atoms with Crippen molar-refractivity contribution >= 4 is 17.3 Å². The van der Waals surface area contributed by atoms with Crippen LogP contribution in [0, 0.1) is 6.92 Å². The average molecular weight is 286 g/mol. The summed E-state index contributed by atoms with van der Waals surface area (Å²) in [6.07, 6.45) is 0. The van der Waals surface area contributed by atoms with E-state index in [1.807, 2.05) is 38.2 Å². The average Bonchev–Trinajstić information content (AvgIpc) is 2.49. The van der Waals surface area contributed by atoms with Crippen molar-refractivity contribution in [3.05, 3.63) is 35.7 Å². The highest BCUT2D eigenvalue weighted by molar-refractivity contribution is 5.69. The molecule has 0 bridgehead atoms. The van der Waals surface area contributed by atoms with Gasteiger partial charge in [-0.25, -0.2) is 9.97 Å². The fraction of sp³-hybridized carbons (Fsp3) is 0.375. The molecule has 0 amide bonds. The lowest BCUT2D eigenvalue weighted by Crippen LogP contribution is -2.08. The van der Waals surface area contributed by atoms with Crippen LogP contribution in [0.3, 0.4) is 0 Å². The molecule has 2 aromatic rings. The monoisotopic (exact) mass is 286 g/mol. The molecule has 5 heteroatoms. The fourth-order valence-corrected chi connectivity index (χ4v) is 2.03. The molecule has 0 atom stereocenters. The van der Waals surface area contributed by atoms with Gasteiger partial charge in [0, 0.05) is 18.5 Å². The maximum atomic E-state index is 5.37. The Morgan fingerprint density at radius 2 is 1.76 bits per heavy atom. The number of anilines is 3. The first-order chi connectivity index (χ1) is 10.1. The molecule has 0 radical (unpaired) electrons. The van der Waals surface area contributed by atoms with E-state index in [4.69, 9.17) is 4.74 Å². The summed E-state index contributed by atoms with van der Waals surface area (Å²) in [6.45, 7) is 6.15. The van der Waals surface area contributed by atoms with E-state index in [-0.39, 0.29) is 5.92 Å². The third-order valence-electron chi connectivity index (χ3n) is 3.28. The number of ether oxygens (including phenoxy) is 1. The molecule has 0 aliphatic rings. The molecular weight excluding hydrogens is 264 g/mol. The van der Waals surface area contributed by atoms with Gasteiger partial charge in [0.05, 0.1) is 12.8 Å². The van der Waals surface area contributed by atoms with Crippen molar-refractivity contribution in [3.63, 3.8) is 0 Å². The van der Waals surface area contributed by atoms with Gasteiger partial charge in [-0.15, -0.1) is 0 Å². The van der Waals surface area contributed by atoms with Crippen LogP contribution in [-0.2, 0) is 0 Å². The van der Waals surface area contributed by atoms with Crippen LogP contribution < -0.4 is 15.4 Å². The molecule has 1 aromatic heterocycles. The van der Waals surface area contributed by atoms with E-state index in [0.29, 0.717) is 0 Å². The highest BCUT2D eigenvalue weighted by Crippen LogP contribution is 2.30. The molecule has 112 valence electrons. The molecule has 21 heavy (non-hydrogen) atoms. The van der Waals surface area contributed by atoms with Crippen molar-refractivity contribution < 1.29 is 4.74 Å². The molecule has 0 aliphatic heterocycles. The third-order valence-corrected chi connectivity index (χ3v) is 3.28. The maximum absolute atomic E-state index is 5.37. The maximum Gasteiger partial charge on any atom is 0.142 e. The Morgan fingerprint density at radius 1 is 1.10 bits per heavy atom. The number of para-hydroxylation sites is 2. The summed E-state index contributed by atoms with van der Waals surface area (Å²) in [5.41, 5.74) is 1.87. The number of benzene rings is 1. The van der Waals surface area contributed by atoms with Crippen molar-refractivity contribution in [1.82, 2.24) is 9.97 Å². The summed E-state index contributed by atoms with van der Waals surface area (Å²) in [4.78, 5) is 9.17. The first kappa shape index (κ1) is 15.1. The smallest absolute Gasteiger partial charge is 0.142 e. The number of nitrogens with one attached hydrogen (secondary N) is 2. The number of methoxy groups -OCH3 is 1. The van der Waals surface area contributed by atoms with Crippen molar-refractivity contribution in [2.45, 2.75) is 26.7 Å². The predicted molar refractivity (Wildman–Crippen MR) is 86.7 cm³/mol. The quantitative estimate of drug-likeness (QED) is 0.877. The third kappa shape index (κ3) is 3.24. The number of rotatable bonds is 5.